The van der Waals surface area contributed by atoms with Crippen LogP contribution in [0.25, 0.3) is 0 Å². The average Bonchev–Trinajstić information content (AvgIpc) is 2.09. The smallest absolute Gasteiger partial charge is 0.870 e. The maximum Gasteiger partial charge on any atom is 1.00 e. The third kappa shape index (κ3) is 3.42. The van der Waals surface area contributed by atoms with Crippen molar-refractivity contribution in [1.29, 1.82) is 0 Å². The number of carboxylic acids is 1. The van der Waals surface area contributed by atoms with Crippen LogP contribution in [0.1, 0.15) is 10.4 Å². The Morgan fingerprint density at radius 2 is 1.87 bits per heavy atom. The summed E-state index contributed by atoms with van der Waals surface area (Å²) in [6, 6.07) is 2.00. The molecular weight excluding hydrogens is 221 g/mol. The zero-order valence-corrected chi connectivity index (χ0v) is 10.1. The van der Waals surface area contributed by atoms with Crippen LogP contribution < -0.4 is 34.3 Å². The van der Waals surface area contributed by atoms with Crippen molar-refractivity contribution in [2.45, 2.75) is 0 Å². The fourth-order valence-corrected chi connectivity index (χ4v) is 0.855. The molecule has 15 heavy (non-hydrogen) atoms. The van der Waals surface area contributed by atoms with E-state index in [1.165, 1.54) is 0 Å². The van der Waals surface area contributed by atoms with Gasteiger partial charge in [0.2, 0.25) is 5.82 Å². The molecule has 0 saturated carbocycles. The molecule has 0 radical (unpaired) electrons. The Balaban J connectivity index is 0. The van der Waals surface area contributed by atoms with Crippen LogP contribution in [0.4, 0.5) is 8.78 Å². The molecule has 0 aliphatic heterocycles. The summed E-state index contributed by atoms with van der Waals surface area (Å²) in [5, 5.41) is 8.41. The first-order chi connectivity index (χ1) is 6.07. The number of aromatic carboxylic acids is 1. The van der Waals surface area contributed by atoms with Gasteiger partial charge in [-0.2, -0.15) is 4.39 Å². The summed E-state index contributed by atoms with van der Waals surface area (Å²) < 4.78 is 30.2. The fourth-order valence-electron chi connectivity index (χ4n) is 0.855. The van der Waals surface area contributed by atoms with E-state index < -0.39 is 23.2 Å². The third-order valence-electron chi connectivity index (χ3n) is 1.50. The van der Waals surface area contributed by atoms with Gasteiger partial charge in [0.25, 0.3) is 0 Å². The van der Waals surface area contributed by atoms with Gasteiger partial charge in [-0.3, -0.25) is 0 Å². The van der Waals surface area contributed by atoms with Crippen molar-refractivity contribution in [2.24, 2.45) is 0 Å². The van der Waals surface area contributed by atoms with Gasteiger partial charge in [0.15, 0.2) is 11.6 Å². The van der Waals surface area contributed by atoms with Gasteiger partial charge in [-0.25, -0.2) is 9.18 Å². The van der Waals surface area contributed by atoms with E-state index in [2.05, 4.69) is 4.74 Å². The van der Waals surface area contributed by atoms with Crippen LogP contribution in [0, 0.1) is 11.6 Å². The minimum Gasteiger partial charge on any atom is -0.870 e. The summed E-state index contributed by atoms with van der Waals surface area (Å²) in [5.74, 6) is -4.53. The summed E-state index contributed by atoms with van der Waals surface area (Å²) in [7, 11) is 1.16. The molecule has 2 N–H and O–H groups in total. The van der Waals surface area contributed by atoms with Gasteiger partial charge in [0.05, 0.1) is 12.7 Å². The summed E-state index contributed by atoms with van der Waals surface area (Å²) >= 11 is 0. The Hall–Kier alpha value is -0.690. The van der Waals surface area contributed by atoms with Gasteiger partial charge in [-0.15, -0.1) is 0 Å². The second-order valence-corrected chi connectivity index (χ2v) is 2.25. The van der Waals surface area contributed by atoms with Crippen molar-refractivity contribution in [3.05, 3.63) is 29.3 Å². The second-order valence-electron chi connectivity index (χ2n) is 2.25. The molecule has 78 valence electrons. The summed E-state index contributed by atoms with van der Waals surface area (Å²) in [5.41, 5.74) is -0.710. The molecule has 0 amide bonds. The molecule has 0 aliphatic carbocycles. The molecule has 1 aromatic carbocycles. The number of carbonyl (C=O) groups is 1. The van der Waals surface area contributed by atoms with E-state index in [1.54, 1.807) is 0 Å². The number of hydrogen-bond donors (Lipinski definition) is 1. The molecule has 4 nitrogen and oxygen atoms in total. The fraction of sp³-hybridized carbons (Fsp3) is 0.125. The van der Waals surface area contributed by atoms with Gasteiger partial charge in [-0.05, 0) is 12.1 Å². The Kier molecular flexibility index (Phi) is 7.51. The van der Waals surface area contributed by atoms with Gasteiger partial charge >= 0.3 is 35.5 Å². The standard InChI is InChI=1S/C8H6F2O3.Na.H2O/c1-13-5-3-2-4(8(11)12)6(9)7(5)10;;/h2-3H,1H3,(H,11,12);;1H2/q;+1;/p-1. The number of halogens is 2. The molecule has 1 aromatic rings. The number of methoxy groups -OCH3 is 1. The molecule has 0 atom stereocenters. The molecule has 0 fully saturated rings. The molecule has 7 heteroatoms. The van der Waals surface area contributed by atoms with Crippen LogP contribution in [-0.2, 0) is 0 Å². The zero-order valence-electron chi connectivity index (χ0n) is 8.12. The number of carboxylic acid groups (broad SMARTS) is 1. The van der Waals surface area contributed by atoms with Gasteiger partial charge in [0.1, 0.15) is 0 Å². The Labute approximate surface area is 106 Å². The molecule has 1 rings (SSSR count). The molecule has 0 heterocycles. The number of ether oxygens (including phenoxy) is 1. The largest absolute Gasteiger partial charge is 1.00 e. The van der Waals surface area contributed by atoms with Crippen LogP contribution in [0.5, 0.6) is 5.75 Å². The van der Waals surface area contributed by atoms with Crippen molar-refractivity contribution in [3.8, 4) is 5.75 Å². The second kappa shape index (κ2) is 6.73. The van der Waals surface area contributed by atoms with Crippen LogP contribution in [-0.4, -0.2) is 23.7 Å². The first-order valence-electron chi connectivity index (χ1n) is 3.33. The predicted octanol–water partition coefficient (Wildman–Crippen LogP) is -1.50. The molecule has 0 unspecified atom stereocenters. The monoisotopic (exact) mass is 228 g/mol. The van der Waals surface area contributed by atoms with Gasteiger partial charge in [-0.1, -0.05) is 0 Å². The maximum absolute atomic E-state index is 12.9. The molecular formula is C8H7F2NaO4. The SMILES string of the molecule is COc1ccc(C(=O)O)c(F)c1F.[Na+].[OH-]. The van der Waals surface area contributed by atoms with Crippen molar-refractivity contribution < 1.29 is 58.5 Å². The normalized spacial score (nSPS) is 8.47. The minimum absolute atomic E-state index is 0. The van der Waals surface area contributed by atoms with E-state index in [9.17, 15) is 13.6 Å². The van der Waals surface area contributed by atoms with Crippen LogP contribution in [0.3, 0.4) is 0 Å². The minimum atomic E-state index is -1.51. The molecule has 0 bridgehead atoms. The van der Waals surface area contributed by atoms with E-state index in [4.69, 9.17) is 5.11 Å². The van der Waals surface area contributed by atoms with Gasteiger partial charge in [0, 0.05) is 0 Å². The number of rotatable bonds is 2. The average molecular weight is 228 g/mol. The van der Waals surface area contributed by atoms with E-state index in [0.717, 1.165) is 19.2 Å². The molecule has 0 saturated heterocycles. The Bertz CT molecular complexity index is 357. The van der Waals surface area contributed by atoms with Crippen molar-refractivity contribution in [2.75, 3.05) is 7.11 Å². The predicted molar refractivity (Wildman–Crippen MR) is 41.8 cm³/mol. The maximum atomic E-state index is 12.9. The van der Waals surface area contributed by atoms with Crippen LogP contribution >= 0.6 is 0 Å². The van der Waals surface area contributed by atoms with E-state index in [-0.39, 0.29) is 40.8 Å². The molecule has 0 aliphatic rings. The number of benzene rings is 1. The topological polar surface area (TPSA) is 76.5 Å². The van der Waals surface area contributed by atoms with E-state index in [1.807, 2.05) is 0 Å². The quantitative estimate of drug-likeness (QED) is 0.625. The summed E-state index contributed by atoms with van der Waals surface area (Å²) in [6.45, 7) is 0. The molecule has 0 aromatic heterocycles. The number of hydrogen-bond acceptors (Lipinski definition) is 3. The van der Waals surface area contributed by atoms with E-state index in [0.29, 0.717) is 0 Å². The summed E-state index contributed by atoms with van der Waals surface area (Å²) in [4.78, 5) is 10.3. The van der Waals surface area contributed by atoms with Crippen molar-refractivity contribution in [1.82, 2.24) is 0 Å². The first-order valence-corrected chi connectivity index (χ1v) is 3.33. The van der Waals surface area contributed by atoms with Crippen LogP contribution in [0.2, 0.25) is 0 Å². The summed E-state index contributed by atoms with van der Waals surface area (Å²) in [6.07, 6.45) is 0. The van der Waals surface area contributed by atoms with Gasteiger partial charge < -0.3 is 15.3 Å². The third-order valence-corrected chi connectivity index (χ3v) is 1.50. The van der Waals surface area contributed by atoms with Crippen LogP contribution in [0.15, 0.2) is 12.1 Å². The molecule has 0 spiro atoms. The van der Waals surface area contributed by atoms with Crippen molar-refractivity contribution in [3.63, 3.8) is 0 Å². The van der Waals surface area contributed by atoms with Crippen molar-refractivity contribution >= 4 is 5.97 Å². The Morgan fingerprint density at radius 1 is 1.33 bits per heavy atom. The zero-order chi connectivity index (χ0) is 10.0. The Morgan fingerprint density at radius 3 is 2.27 bits per heavy atom. The van der Waals surface area contributed by atoms with E-state index >= 15 is 0 Å². The first kappa shape index (κ1) is 16.7.